The molecule has 0 saturated carbocycles. The van der Waals surface area contributed by atoms with Gasteiger partial charge in [-0.2, -0.15) is 0 Å². The second-order valence-electron chi connectivity index (χ2n) is 4.29. The van der Waals surface area contributed by atoms with E-state index in [9.17, 15) is 14.0 Å². The van der Waals surface area contributed by atoms with Crippen LogP contribution in [0.25, 0.3) is 6.08 Å². The molecule has 0 aliphatic rings. The van der Waals surface area contributed by atoms with Crippen LogP contribution >= 0.6 is 0 Å². The maximum Gasteiger partial charge on any atom is 0.320 e. The molecule has 0 aliphatic heterocycles. The minimum atomic E-state index is -1.01. The highest BCUT2D eigenvalue weighted by atomic mass is 19.1. The summed E-state index contributed by atoms with van der Waals surface area (Å²) < 4.78 is 22.0. The summed E-state index contributed by atoms with van der Waals surface area (Å²) in [5.74, 6) is -3.03. The van der Waals surface area contributed by atoms with Crippen molar-refractivity contribution in [1.29, 1.82) is 0 Å². The monoisotopic (exact) mass is 280 g/mol. The molecule has 0 heterocycles. The minimum absolute atomic E-state index is 0.322. The van der Waals surface area contributed by atoms with Gasteiger partial charge in [0.05, 0.1) is 14.2 Å². The number of halogens is 1. The molecule has 0 aliphatic carbocycles. The molecule has 1 atom stereocenters. The zero-order chi connectivity index (χ0) is 15.1. The molecule has 20 heavy (non-hydrogen) atoms. The summed E-state index contributed by atoms with van der Waals surface area (Å²) in [6, 6.07) is 5.87. The third kappa shape index (κ3) is 4.19. The van der Waals surface area contributed by atoms with Crippen molar-refractivity contribution in [3.05, 3.63) is 41.7 Å². The van der Waals surface area contributed by atoms with Gasteiger partial charge in [-0.1, -0.05) is 31.2 Å². The number of rotatable bonds is 5. The molecule has 0 bridgehead atoms. The Labute approximate surface area is 117 Å². The highest BCUT2D eigenvalue weighted by Gasteiger charge is 2.32. The van der Waals surface area contributed by atoms with Crippen LogP contribution in [-0.2, 0) is 19.1 Å². The smallest absolute Gasteiger partial charge is 0.320 e. The Morgan fingerprint density at radius 3 is 2.05 bits per heavy atom. The summed E-state index contributed by atoms with van der Waals surface area (Å²) in [5, 5.41) is 0. The molecule has 1 rings (SSSR count). The topological polar surface area (TPSA) is 52.6 Å². The van der Waals surface area contributed by atoms with Crippen molar-refractivity contribution in [1.82, 2.24) is 0 Å². The van der Waals surface area contributed by atoms with E-state index in [0.717, 1.165) is 5.56 Å². The van der Waals surface area contributed by atoms with E-state index in [-0.39, 0.29) is 5.82 Å². The first-order valence-corrected chi connectivity index (χ1v) is 6.09. The van der Waals surface area contributed by atoms with Crippen LogP contribution in [0.5, 0.6) is 0 Å². The van der Waals surface area contributed by atoms with Crippen LogP contribution in [0.3, 0.4) is 0 Å². The number of esters is 2. The van der Waals surface area contributed by atoms with Crippen molar-refractivity contribution in [2.75, 3.05) is 14.2 Å². The van der Waals surface area contributed by atoms with E-state index < -0.39 is 23.8 Å². The van der Waals surface area contributed by atoms with E-state index in [1.165, 1.54) is 26.4 Å². The van der Waals surface area contributed by atoms with Gasteiger partial charge in [0.25, 0.3) is 0 Å². The van der Waals surface area contributed by atoms with Crippen molar-refractivity contribution < 1.29 is 23.5 Å². The highest BCUT2D eigenvalue weighted by Crippen LogP contribution is 2.18. The van der Waals surface area contributed by atoms with Gasteiger partial charge in [-0.05, 0) is 23.6 Å². The van der Waals surface area contributed by atoms with Gasteiger partial charge in [0.2, 0.25) is 0 Å². The van der Waals surface area contributed by atoms with Gasteiger partial charge in [-0.15, -0.1) is 0 Å². The van der Waals surface area contributed by atoms with E-state index >= 15 is 0 Å². The lowest BCUT2D eigenvalue weighted by atomic mass is 9.93. The molecule has 0 amide bonds. The molecule has 0 saturated heterocycles. The van der Waals surface area contributed by atoms with Gasteiger partial charge in [0, 0.05) is 0 Å². The number of allylic oxidation sites excluding steroid dienone is 1. The number of hydrogen-bond donors (Lipinski definition) is 0. The number of methoxy groups -OCH3 is 2. The summed E-state index contributed by atoms with van der Waals surface area (Å²) in [6.07, 6.45) is 3.40. The van der Waals surface area contributed by atoms with E-state index in [1.54, 1.807) is 31.2 Å². The Hall–Kier alpha value is -2.17. The second-order valence-corrected chi connectivity index (χ2v) is 4.29. The van der Waals surface area contributed by atoms with E-state index in [1.807, 2.05) is 0 Å². The van der Waals surface area contributed by atoms with Crippen LogP contribution in [0.4, 0.5) is 4.39 Å². The van der Waals surface area contributed by atoms with E-state index in [0.29, 0.717) is 0 Å². The molecule has 0 radical (unpaired) electrons. The van der Waals surface area contributed by atoms with Crippen molar-refractivity contribution >= 4 is 18.0 Å². The Bertz CT molecular complexity index is 477. The lowest BCUT2D eigenvalue weighted by molar-refractivity contribution is -0.160. The second kappa shape index (κ2) is 7.43. The largest absolute Gasteiger partial charge is 0.468 e. The van der Waals surface area contributed by atoms with Crippen LogP contribution in [0.2, 0.25) is 0 Å². The van der Waals surface area contributed by atoms with Crippen LogP contribution in [0.15, 0.2) is 30.3 Å². The molecule has 1 aromatic carbocycles. The number of benzene rings is 1. The Morgan fingerprint density at radius 1 is 1.10 bits per heavy atom. The maximum atomic E-state index is 12.8. The summed E-state index contributed by atoms with van der Waals surface area (Å²) in [5.41, 5.74) is 0.770. The first-order chi connectivity index (χ1) is 9.49. The first kappa shape index (κ1) is 15.9. The molecular weight excluding hydrogens is 263 g/mol. The molecule has 5 heteroatoms. The van der Waals surface area contributed by atoms with Gasteiger partial charge in [0.1, 0.15) is 5.82 Å². The average Bonchev–Trinajstić information content (AvgIpc) is 2.46. The molecule has 0 N–H and O–H groups in total. The quantitative estimate of drug-likeness (QED) is 0.614. The molecule has 0 aromatic heterocycles. The Morgan fingerprint density at radius 2 is 1.60 bits per heavy atom. The molecular formula is C15H17FO4. The van der Waals surface area contributed by atoms with Gasteiger partial charge in [-0.25, -0.2) is 4.39 Å². The first-order valence-electron chi connectivity index (χ1n) is 6.09. The van der Waals surface area contributed by atoms with Crippen molar-refractivity contribution in [3.63, 3.8) is 0 Å². The van der Waals surface area contributed by atoms with Crippen LogP contribution in [0, 0.1) is 17.7 Å². The maximum absolute atomic E-state index is 12.8. The molecule has 0 spiro atoms. The van der Waals surface area contributed by atoms with Crippen molar-refractivity contribution in [2.45, 2.75) is 6.92 Å². The average molecular weight is 280 g/mol. The molecule has 0 fully saturated rings. The Kier molecular flexibility index (Phi) is 5.90. The Balaban J connectivity index is 2.84. The lowest BCUT2D eigenvalue weighted by Gasteiger charge is -2.16. The third-order valence-electron chi connectivity index (χ3n) is 2.90. The summed E-state index contributed by atoms with van der Waals surface area (Å²) in [7, 11) is 2.43. The van der Waals surface area contributed by atoms with Crippen molar-refractivity contribution in [3.8, 4) is 0 Å². The highest BCUT2D eigenvalue weighted by molar-refractivity contribution is 5.95. The predicted octanol–water partition coefficient (Wildman–Crippen LogP) is 2.44. The van der Waals surface area contributed by atoms with Crippen molar-refractivity contribution in [2.24, 2.45) is 11.8 Å². The van der Waals surface area contributed by atoms with Crippen LogP contribution < -0.4 is 0 Å². The van der Waals surface area contributed by atoms with Crippen LogP contribution in [-0.4, -0.2) is 26.2 Å². The normalized spacial score (nSPS) is 12.4. The molecule has 1 unspecified atom stereocenters. The molecule has 108 valence electrons. The zero-order valence-corrected chi connectivity index (χ0v) is 11.6. The van der Waals surface area contributed by atoms with E-state index in [2.05, 4.69) is 9.47 Å². The number of ether oxygens (including phenoxy) is 2. The summed E-state index contributed by atoms with van der Waals surface area (Å²) >= 11 is 0. The lowest BCUT2D eigenvalue weighted by Crippen LogP contribution is -2.31. The zero-order valence-electron chi connectivity index (χ0n) is 11.6. The van der Waals surface area contributed by atoms with Gasteiger partial charge < -0.3 is 9.47 Å². The van der Waals surface area contributed by atoms with Gasteiger partial charge >= 0.3 is 11.9 Å². The fraction of sp³-hybridized carbons (Fsp3) is 0.333. The van der Waals surface area contributed by atoms with Crippen LogP contribution in [0.1, 0.15) is 12.5 Å². The standard InChI is InChI=1S/C15H17FO4/c1-10(13(14(17)19-2)15(18)20-3)4-5-11-6-8-12(16)9-7-11/h4-10,13H,1-3H3/b5-4+. The molecule has 1 aromatic rings. The number of hydrogen-bond acceptors (Lipinski definition) is 4. The van der Waals surface area contributed by atoms with Gasteiger partial charge in [-0.3, -0.25) is 9.59 Å². The third-order valence-corrected chi connectivity index (χ3v) is 2.90. The van der Waals surface area contributed by atoms with Gasteiger partial charge in [0.15, 0.2) is 5.92 Å². The fourth-order valence-electron chi connectivity index (χ4n) is 1.73. The minimum Gasteiger partial charge on any atom is -0.468 e. The fourth-order valence-corrected chi connectivity index (χ4v) is 1.73. The number of carbonyl (C=O) groups is 2. The summed E-state index contributed by atoms with van der Waals surface area (Å²) in [4.78, 5) is 23.2. The predicted molar refractivity (Wildman–Crippen MR) is 72.1 cm³/mol. The van der Waals surface area contributed by atoms with E-state index in [4.69, 9.17) is 0 Å². The SMILES string of the molecule is COC(=O)C(C(=O)OC)C(C)/C=C/c1ccc(F)cc1. The number of carbonyl (C=O) groups excluding carboxylic acids is 2. The molecule has 4 nitrogen and oxygen atoms in total. The summed E-state index contributed by atoms with van der Waals surface area (Å²) in [6.45, 7) is 1.71.